The number of hydrogen-bond acceptors (Lipinski definition) is 1. The number of carbonyl (C=O) groups is 1. The van der Waals surface area contributed by atoms with Crippen LogP contribution in [-0.2, 0) is 4.79 Å². The molecule has 1 nitrogen and oxygen atoms in total. The minimum Gasteiger partial charge on any atom is -0.295 e. The zero-order chi connectivity index (χ0) is 11.6. The van der Waals surface area contributed by atoms with Gasteiger partial charge in [-0.05, 0) is 31.8 Å². The van der Waals surface area contributed by atoms with Gasteiger partial charge in [-0.3, -0.25) is 4.79 Å². The standard InChI is InChI=1S/C15H26O/c1-14-12-10-8-6-4-2-3-5-7-9-11-13-15(14)16/h12H,2-11,13H2,1H3/b14-12-. The molecule has 0 aromatic heterocycles. The maximum absolute atomic E-state index is 11.7. The van der Waals surface area contributed by atoms with Gasteiger partial charge in [0.1, 0.15) is 0 Å². The van der Waals surface area contributed by atoms with E-state index >= 15 is 0 Å². The van der Waals surface area contributed by atoms with Crippen LogP contribution in [0.3, 0.4) is 0 Å². The highest BCUT2D eigenvalue weighted by Gasteiger charge is 2.04. The first-order chi connectivity index (χ1) is 7.80. The molecule has 0 unspecified atom stereocenters. The van der Waals surface area contributed by atoms with Crippen LogP contribution in [0.25, 0.3) is 0 Å². The molecule has 0 fully saturated rings. The SMILES string of the molecule is C/C1=C/CCCCCCCCCCCC1=O. The van der Waals surface area contributed by atoms with E-state index in [1.165, 1.54) is 51.4 Å². The third kappa shape index (κ3) is 6.09. The van der Waals surface area contributed by atoms with Crippen LogP contribution in [0.1, 0.15) is 77.6 Å². The Bertz CT molecular complexity index is 228. The number of allylic oxidation sites excluding steroid dienone is 2. The van der Waals surface area contributed by atoms with Crippen molar-refractivity contribution in [3.8, 4) is 0 Å². The second kappa shape index (κ2) is 8.55. The summed E-state index contributed by atoms with van der Waals surface area (Å²) < 4.78 is 0. The first kappa shape index (κ1) is 13.5. The van der Waals surface area contributed by atoms with Crippen LogP contribution in [0.15, 0.2) is 11.6 Å². The molecule has 0 saturated carbocycles. The number of Topliss-reactive ketones (excluding diaryl/α,β-unsaturated/α-hetero) is 1. The molecule has 0 amide bonds. The Hall–Kier alpha value is -0.590. The zero-order valence-corrected chi connectivity index (χ0v) is 10.8. The summed E-state index contributed by atoms with van der Waals surface area (Å²) in [6.07, 6.45) is 15.8. The van der Waals surface area contributed by atoms with Crippen LogP contribution < -0.4 is 0 Å². The lowest BCUT2D eigenvalue weighted by molar-refractivity contribution is -0.115. The van der Waals surface area contributed by atoms with Gasteiger partial charge in [0, 0.05) is 6.42 Å². The molecule has 1 heteroatoms. The summed E-state index contributed by atoms with van der Waals surface area (Å²) in [5.74, 6) is 0.372. The van der Waals surface area contributed by atoms with E-state index in [0.717, 1.165) is 24.8 Å². The molecule has 1 rings (SSSR count). The highest BCUT2D eigenvalue weighted by Crippen LogP contribution is 2.14. The summed E-state index contributed by atoms with van der Waals surface area (Å²) in [6.45, 7) is 1.98. The van der Waals surface area contributed by atoms with Crippen molar-refractivity contribution >= 4 is 5.78 Å². The largest absolute Gasteiger partial charge is 0.295 e. The molecular formula is C15H26O. The molecule has 0 N–H and O–H groups in total. The van der Waals surface area contributed by atoms with Crippen LogP contribution in [0.2, 0.25) is 0 Å². The van der Waals surface area contributed by atoms with E-state index in [9.17, 15) is 4.79 Å². The quantitative estimate of drug-likeness (QED) is 0.575. The Morgan fingerprint density at radius 2 is 1.31 bits per heavy atom. The minimum atomic E-state index is 0.372. The predicted molar refractivity (Wildman–Crippen MR) is 69.6 cm³/mol. The number of carbonyl (C=O) groups excluding carboxylic acids is 1. The lowest BCUT2D eigenvalue weighted by Gasteiger charge is -2.05. The van der Waals surface area contributed by atoms with Crippen LogP contribution >= 0.6 is 0 Å². The smallest absolute Gasteiger partial charge is 0.158 e. The van der Waals surface area contributed by atoms with Gasteiger partial charge in [-0.15, -0.1) is 0 Å². The Morgan fingerprint density at radius 3 is 1.94 bits per heavy atom. The third-order valence-electron chi connectivity index (χ3n) is 3.50. The fraction of sp³-hybridized carbons (Fsp3) is 0.800. The van der Waals surface area contributed by atoms with E-state index < -0.39 is 0 Å². The summed E-state index contributed by atoms with van der Waals surface area (Å²) in [6, 6.07) is 0. The van der Waals surface area contributed by atoms with Crippen LogP contribution in [0, 0.1) is 0 Å². The van der Waals surface area contributed by atoms with E-state index in [1.54, 1.807) is 0 Å². The van der Waals surface area contributed by atoms with E-state index in [4.69, 9.17) is 0 Å². The average Bonchev–Trinajstić information content (AvgIpc) is 2.29. The van der Waals surface area contributed by atoms with E-state index in [-0.39, 0.29) is 0 Å². The minimum absolute atomic E-state index is 0.372. The maximum Gasteiger partial charge on any atom is 0.158 e. The Balaban J connectivity index is 2.35. The summed E-state index contributed by atoms with van der Waals surface area (Å²) in [7, 11) is 0. The van der Waals surface area contributed by atoms with E-state index in [0.29, 0.717) is 5.78 Å². The summed E-state index contributed by atoms with van der Waals surface area (Å²) in [4.78, 5) is 11.7. The molecule has 0 aromatic carbocycles. The molecule has 0 atom stereocenters. The van der Waals surface area contributed by atoms with Gasteiger partial charge in [0.15, 0.2) is 5.78 Å². The molecule has 0 spiro atoms. The van der Waals surface area contributed by atoms with Gasteiger partial charge in [0.25, 0.3) is 0 Å². The van der Waals surface area contributed by atoms with Gasteiger partial charge in [-0.1, -0.05) is 51.0 Å². The van der Waals surface area contributed by atoms with Gasteiger partial charge in [-0.2, -0.15) is 0 Å². The average molecular weight is 222 g/mol. The fourth-order valence-corrected chi connectivity index (χ4v) is 2.30. The first-order valence-electron chi connectivity index (χ1n) is 7.00. The highest BCUT2D eigenvalue weighted by molar-refractivity contribution is 5.94. The summed E-state index contributed by atoms with van der Waals surface area (Å²) in [5.41, 5.74) is 0.997. The van der Waals surface area contributed by atoms with Crippen LogP contribution in [0.5, 0.6) is 0 Å². The molecule has 0 aliphatic heterocycles. The topological polar surface area (TPSA) is 17.1 Å². The normalized spacial score (nSPS) is 25.6. The van der Waals surface area contributed by atoms with Crippen molar-refractivity contribution in [2.24, 2.45) is 0 Å². The van der Waals surface area contributed by atoms with E-state index in [1.807, 2.05) is 6.92 Å². The Morgan fingerprint density at radius 1 is 0.812 bits per heavy atom. The van der Waals surface area contributed by atoms with Crippen molar-refractivity contribution in [3.05, 3.63) is 11.6 Å². The number of rotatable bonds is 0. The monoisotopic (exact) mass is 222 g/mol. The molecule has 92 valence electrons. The second-order valence-electron chi connectivity index (χ2n) is 5.03. The fourth-order valence-electron chi connectivity index (χ4n) is 2.30. The molecule has 0 aromatic rings. The van der Waals surface area contributed by atoms with Crippen molar-refractivity contribution < 1.29 is 4.79 Å². The number of ketones is 1. The lowest BCUT2D eigenvalue weighted by atomic mass is 10.0. The maximum atomic E-state index is 11.7. The third-order valence-corrected chi connectivity index (χ3v) is 3.50. The molecule has 16 heavy (non-hydrogen) atoms. The van der Waals surface area contributed by atoms with Crippen molar-refractivity contribution in [1.82, 2.24) is 0 Å². The van der Waals surface area contributed by atoms with Gasteiger partial charge >= 0.3 is 0 Å². The van der Waals surface area contributed by atoms with Crippen molar-refractivity contribution in [1.29, 1.82) is 0 Å². The summed E-state index contributed by atoms with van der Waals surface area (Å²) >= 11 is 0. The molecule has 0 heterocycles. The second-order valence-corrected chi connectivity index (χ2v) is 5.03. The molecule has 1 aliphatic rings. The number of hydrogen-bond donors (Lipinski definition) is 0. The molecule has 0 radical (unpaired) electrons. The van der Waals surface area contributed by atoms with Crippen LogP contribution in [0.4, 0.5) is 0 Å². The predicted octanol–water partition coefficient (Wildman–Crippen LogP) is 4.81. The highest BCUT2D eigenvalue weighted by atomic mass is 16.1. The van der Waals surface area contributed by atoms with Crippen molar-refractivity contribution in [3.63, 3.8) is 0 Å². The van der Waals surface area contributed by atoms with Gasteiger partial charge < -0.3 is 0 Å². The zero-order valence-electron chi connectivity index (χ0n) is 10.8. The van der Waals surface area contributed by atoms with Crippen molar-refractivity contribution in [2.75, 3.05) is 0 Å². The van der Waals surface area contributed by atoms with Crippen LogP contribution in [-0.4, -0.2) is 5.78 Å². The molecule has 1 aliphatic carbocycles. The molecule has 0 saturated heterocycles. The van der Waals surface area contributed by atoms with Crippen molar-refractivity contribution in [2.45, 2.75) is 77.6 Å². The summed E-state index contributed by atoms with van der Waals surface area (Å²) in [5, 5.41) is 0. The molecular weight excluding hydrogens is 196 g/mol. The van der Waals surface area contributed by atoms with Gasteiger partial charge in [-0.25, -0.2) is 0 Å². The molecule has 0 bridgehead atoms. The van der Waals surface area contributed by atoms with Gasteiger partial charge in [0.05, 0.1) is 0 Å². The lowest BCUT2D eigenvalue weighted by Crippen LogP contribution is -1.99. The van der Waals surface area contributed by atoms with Gasteiger partial charge in [0.2, 0.25) is 0 Å². The van der Waals surface area contributed by atoms with E-state index in [2.05, 4.69) is 6.08 Å². The Kier molecular flexibility index (Phi) is 7.20. The first-order valence-corrected chi connectivity index (χ1v) is 7.00. The Labute approximate surface area is 100 Å².